The fourth-order valence-corrected chi connectivity index (χ4v) is 5.39. The quantitative estimate of drug-likeness (QED) is 0.921. The number of hydrogen-bond acceptors (Lipinski definition) is 3. The molecule has 0 radical (unpaired) electrons. The van der Waals surface area contributed by atoms with Crippen molar-refractivity contribution in [1.29, 1.82) is 0 Å². The van der Waals surface area contributed by atoms with Gasteiger partial charge in [0.25, 0.3) is 0 Å². The predicted molar refractivity (Wildman–Crippen MR) is 72.6 cm³/mol. The van der Waals surface area contributed by atoms with E-state index in [0.29, 0.717) is 0 Å². The van der Waals surface area contributed by atoms with Crippen LogP contribution in [0, 0.1) is 5.92 Å². The molecule has 0 amide bonds. The number of fused-ring (bicyclic) bond motifs is 3. The second-order valence-corrected chi connectivity index (χ2v) is 7.34. The van der Waals surface area contributed by atoms with Crippen LogP contribution in [0.4, 0.5) is 0 Å². The van der Waals surface area contributed by atoms with Gasteiger partial charge in [-0.2, -0.15) is 4.31 Å². The van der Waals surface area contributed by atoms with Gasteiger partial charge in [0.15, 0.2) is 0 Å². The summed E-state index contributed by atoms with van der Waals surface area (Å²) < 4.78 is 26.8. The van der Waals surface area contributed by atoms with Crippen LogP contribution >= 0.6 is 0 Å². The van der Waals surface area contributed by atoms with Crippen molar-refractivity contribution in [3.05, 3.63) is 30.3 Å². The Morgan fingerprint density at radius 3 is 2.25 bits per heavy atom. The summed E-state index contributed by atoms with van der Waals surface area (Å²) in [6, 6.07) is 7.03. The third kappa shape index (κ3) is 2.03. The van der Waals surface area contributed by atoms with Gasteiger partial charge in [-0.15, -0.1) is 0 Å². The standard InChI is InChI=1S/C14H17NO4S/c16-14(17)13-10-6-8-11(9-7-10)15(13)20(18,19)12-4-2-1-3-5-12/h1-5,10-11,13H,6-9H2,(H,16,17)/t10?,11?,13-/m0/s1. The third-order valence-corrected chi connectivity index (χ3v) is 6.34. The van der Waals surface area contributed by atoms with Crippen molar-refractivity contribution in [2.45, 2.75) is 42.7 Å². The van der Waals surface area contributed by atoms with E-state index in [-0.39, 0.29) is 16.9 Å². The lowest BCUT2D eigenvalue weighted by molar-refractivity contribution is -0.147. The zero-order valence-electron chi connectivity index (χ0n) is 11.0. The van der Waals surface area contributed by atoms with Crippen molar-refractivity contribution in [2.75, 3.05) is 0 Å². The minimum Gasteiger partial charge on any atom is -0.480 e. The SMILES string of the molecule is O=C(O)[C@@H]1C2CCC(CC2)N1S(=O)(=O)c1ccccc1. The molecule has 1 aromatic carbocycles. The predicted octanol–water partition coefficient (Wildman–Crippen LogP) is 1.70. The van der Waals surface area contributed by atoms with Crippen LogP contribution in [0.15, 0.2) is 35.2 Å². The summed E-state index contributed by atoms with van der Waals surface area (Å²) in [5, 5.41) is 9.43. The second-order valence-electron chi connectivity index (χ2n) is 5.50. The van der Waals surface area contributed by atoms with Crippen molar-refractivity contribution >= 4 is 16.0 Å². The summed E-state index contributed by atoms with van der Waals surface area (Å²) >= 11 is 0. The first-order chi connectivity index (χ1) is 9.51. The lowest BCUT2D eigenvalue weighted by Crippen LogP contribution is -2.60. The lowest BCUT2D eigenvalue weighted by atomic mass is 9.76. The summed E-state index contributed by atoms with van der Waals surface area (Å²) in [7, 11) is -3.73. The summed E-state index contributed by atoms with van der Waals surface area (Å²) in [6.45, 7) is 0. The molecule has 2 aliphatic heterocycles. The zero-order valence-corrected chi connectivity index (χ0v) is 11.8. The molecular weight excluding hydrogens is 278 g/mol. The molecule has 3 aliphatic rings. The molecule has 108 valence electrons. The molecule has 2 bridgehead atoms. The van der Waals surface area contributed by atoms with E-state index in [1.807, 2.05) is 0 Å². The first kappa shape index (κ1) is 13.6. The number of rotatable bonds is 3. The highest BCUT2D eigenvalue weighted by Crippen LogP contribution is 2.42. The first-order valence-corrected chi connectivity index (χ1v) is 8.27. The van der Waals surface area contributed by atoms with Crippen molar-refractivity contribution in [2.24, 2.45) is 5.92 Å². The van der Waals surface area contributed by atoms with E-state index in [9.17, 15) is 18.3 Å². The monoisotopic (exact) mass is 295 g/mol. The topological polar surface area (TPSA) is 74.7 Å². The van der Waals surface area contributed by atoms with Crippen LogP contribution in [-0.2, 0) is 14.8 Å². The summed E-state index contributed by atoms with van der Waals surface area (Å²) in [6.07, 6.45) is 3.14. The van der Waals surface area contributed by atoms with Crippen molar-refractivity contribution in [1.82, 2.24) is 4.31 Å². The van der Waals surface area contributed by atoms with Crippen LogP contribution in [0.25, 0.3) is 0 Å². The largest absolute Gasteiger partial charge is 0.480 e. The van der Waals surface area contributed by atoms with E-state index in [4.69, 9.17) is 0 Å². The van der Waals surface area contributed by atoms with Crippen LogP contribution < -0.4 is 0 Å². The van der Waals surface area contributed by atoms with Crippen molar-refractivity contribution in [3.8, 4) is 0 Å². The highest BCUT2D eigenvalue weighted by Gasteiger charge is 2.51. The van der Waals surface area contributed by atoms with Crippen molar-refractivity contribution in [3.63, 3.8) is 0 Å². The molecule has 1 atom stereocenters. The maximum atomic E-state index is 12.8. The number of sulfonamides is 1. The molecule has 1 saturated carbocycles. The van der Waals surface area contributed by atoms with Gasteiger partial charge in [0.2, 0.25) is 10.0 Å². The van der Waals surface area contributed by atoms with Crippen LogP contribution in [-0.4, -0.2) is 35.9 Å². The average molecular weight is 295 g/mol. The summed E-state index contributed by atoms with van der Waals surface area (Å²) in [5.74, 6) is -1.09. The molecule has 2 saturated heterocycles. The van der Waals surface area contributed by atoms with Crippen LogP contribution in [0.1, 0.15) is 25.7 Å². The van der Waals surface area contributed by atoms with Gasteiger partial charge in [-0.05, 0) is 43.7 Å². The Morgan fingerprint density at radius 1 is 1.10 bits per heavy atom. The molecule has 4 rings (SSSR count). The van der Waals surface area contributed by atoms with E-state index in [1.165, 1.54) is 16.4 Å². The van der Waals surface area contributed by atoms with Gasteiger partial charge in [0, 0.05) is 6.04 Å². The van der Waals surface area contributed by atoms with E-state index >= 15 is 0 Å². The Hall–Kier alpha value is -1.40. The average Bonchev–Trinajstić information content (AvgIpc) is 2.48. The Bertz CT molecular complexity index is 605. The molecule has 3 fully saturated rings. The summed E-state index contributed by atoms with van der Waals surface area (Å²) in [4.78, 5) is 11.7. The summed E-state index contributed by atoms with van der Waals surface area (Å²) in [5.41, 5.74) is 0. The number of carboxylic acids is 1. The van der Waals surface area contributed by atoms with Crippen LogP contribution in [0.3, 0.4) is 0 Å². The van der Waals surface area contributed by atoms with E-state index < -0.39 is 22.0 Å². The highest BCUT2D eigenvalue weighted by molar-refractivity contribution is 7.89. The minimum absolute atomic E-state index is 0.0593. The highest BCUT2D eigenvalue weighted by atomic mass is 32.2. The van der Waals surface area contributed by atoms with E-state index in [1.54, 1.807) is 18.2 Å². The van der Waals surface area contributed by atoms with Gasteiger partial charge in [-0.3, -0.25) is 4.79 Å². The number of benzene rings is 1. The molecule has 20 heavy (non-hydrogen) atoms. The number of carbonyl (C=O) groups is 1. The molecule has 2 heterocycles. The fourth-order valence-electron chi connectivity index (χ4n) is 3.48. The Balaban J connectivity index is 2.05. The fraction of sp³-hybridized carbons (Fsp3) is 0.500. The van der Waals surface area contributed by atoms with Crippen LogP contribution in [0.5, 0.6) is 0 Å². The van der Waals surface area contributed by atoms with E-state index in [0.717, 1.165) is 25.7 Å². The smallest absolute Gasteiger partial charge is 0.322 e. The van der Waals surface area contributed by atoms with Gasteiger partial charge in [0.05, 0.1) is 4.90 Å². The zero-order chi connectivity index (χ0) is 14.3. The molecule has 6 heteroatoms. The molecule has 0 spiro atoms. The molecule has 5 nitrogen and oxygen atoms in total. The number of hydrogen-bond donors (Lipinski definition) is 1. The maximum absolute atomic E-state index is 12.8. The molecule has 0 unspecified atom stereocenters. The maximum Gasteiger partial charge on any atom is 0.322 e. The van der Waals surface area contributed by atoms with Crippen LogP contribution in [0.2, 0.25) is 0 Å². The normalized spacial score (nSPS) is 30.3. The van der Waals surface area contributed by atoms with Gasteiger partial charge in [0.1, 0.15) is 6.04 Å². The molecule has 1 N–H and O–H groups in total. The van der Waals surface area contributed by atoms with Gasteiger partial charge >= 0.3 is 5.97 Å². The number of carboxylic acid groups (broad SMARTS) is 1. The van der Waals surface area contributed by atoms with Crippen molar-refractivity contribution < 1.29 is 18.3 Å². The lowest BCUT2D eigenvalue weighted by Gasteiger charge is -2.48. The number of aliphatic carboxylic acids is 1. The van der Waals surface area contributed by atoms with Gasteiger partial charge < -0.3 is 5.11 Å². The number of nitrogens with zero attached hydrogens (tertiary/aromatic N) is 1. The molecule has 0 aromatic heterocycles. The Kier molecular flexibility index (Phi) is 3.30. The molecule has 1 aromatic rings. The Morgan fingerprint density at radius 2 is 1.70 bits per heavy atom. The molecular formula is C14H17NO4S. The third-order valence-electron chi connectivity index (χ3n) is 4.39. The van der Waals surface area contributed by atoms with Gasteiger partial charge in [-0.25, -0.2) is 8.42 Å². The van der Waals surface area contributed by atoms with E-state index in [2.05, 4.69) is 0 Å². The first-order valence-electron chi connectivity index (χ1n) is 6.83. The number of piperidine rings is 2. The van der Waals surface area contributed by atoms with Gasteiger partial charge in [-0.1, -0.05) is 18.2 Å². The molecule has 1 aliphatic carbocycles. The Labute approximate surface area is 118 Å². The minimum atomic E-state index is -3.73. The second kappa shape index (κ2) is 4.86.